The molecule has 21 heavy (non-hydrogen) atoms. The Hall–Kier alpha value is -2.62. The van der Waals surface area contributed by atoms with Crippen molar-refractivity contribution in [3.8, 4) is 5.75 Å². The number of hydrogen-bond acceptors (Lipinski definition) is 3. The molecule has 4 heteroatoms. The lowest BCUT2D eigenvalue weighted by molar-refractivity contribution is 0.0688. The van der Waals surface area contributed by atoms with Crippen molar-refractivity contribution < 1.29 is 19.4 Å². The van der Waals surface area contributed by atoms with Gasteiger partial charge in [0.05, 0.1) is 0 Å². The van der Waals surface area contributed by atoms with Crippen LogP contribution in [0.3, 0.4) is 0 Å². The molecule has 0 aromatic heterocycles. The first-order valence-electron chi connectivity index (χ1n) is 6.69. The standard InChI is InChI=1S/C17H16O4/c1-2-15(13-6-4-3-5-7-13)21-16-9-8-12(11-18)10-14(16)17(19)20/h3-11,15H,2H2,1H3,(H,19,20). The fourth-order valence-corrected chi connectivity index (χ4v) is 2.10. The van der Waals surface area contributed by atoms with Crippen LogP contribution in [-0.4, -0.2) is 17.4 Å². The van der Waals surface area contributed by atoms with Crippen molar-refractivity contribution in [1.82, 2.24) is 0 Å². The first kappa shape index (κ1) is 14.8. The summed E-state index contributed by atoms with van der Waals surface area (Å²) >= 11 is 0. The van der Waals surface area contributed by atoms with Gasteiger partial charge in [0.1, 0.15) is 23.7 Å². The normalized spacial score (nSPS) is 11.7. The summed E-state index contributed by atoms with van der Waals surface area (Å²) in [6, 6.07) is 14.0. The zero-order valence-corrected chi connectivity index (χ0v) is 11.7. The van der Waals surface area contributed by atoms with Gasteiger partial charge in [0.2, 0.25) is 0 Å². The fourth-order valence-electron chi connectivity index (χ4n) is 2.10. The summed E-state index contributed by atoms with van der Waals surface area (Å²) in [5, 5.41) is 9.25. The molecule has 0 saturated heterocycles. The van der Waals surface area contributed by atoms with Crippen LogP contribution >= 0.6 is 0 Å². The van der Waals surface area contributed by atoms with E-state index in [2.05, 4.69) is 0 Å². The second kappa shape index (κ2) is 6.70. The molecule has 0 bridgehead atoms. The van der Waals surface area contributed by atoms with Gasteiger partial charge in [-0.2, -0.15) is 0 Å². The number of aldehydes is 1. The third-order valence-corrected chi connectivity index (χ3v) is 3.18. The van der Waals surface area contributed by atoms with Gasteiger partial charge in [0.15, 0.2) is 0 Å². The third-order valence-electron chi connectivity index (χ3n) is 3.18. The van der Waals surface area contributed by atoms with Gasteiger partial charge in [-0.05, 0) is 30.2 Å². The van der Waals surface area contributed by atoms with E-state index in [1.807, 2.05) is 37.3 Å². The Kier molecular flexibility index (Phi) is 4.72. The number of aromatic carboxylic acids is 1. The largest absolute Gasteiger partial charge is 0.485 e. The van der Waals surface area contributed by atoms with Gasteiger partial charge in [-0.15, -0.1) is 0 Å². The number of benzene rings is 2. The number of carbonyl (C=O) groups is 2. The molecule has 0 aliphatic carbocycles. The lowest BCUT2D eigenvalue weighted by Crippen LogP contribution is -2.10. The van der Waals surface area contributed by atoms with Crippen LogP contribution in [0.4, 0.5) is 0 Å². The fraction of sp³-hybridized carbons (Fsp3) is 0.176. The topological polar surface area (TPSA) is 63.6 Å². The average molecular weight is 284 g/mol. The third kappa shape index (κ3) is 3.48. The molecule has 1 atom stereocenters. The highest BCUT2D eigenvalue weighted by Gasteiger charge is 2.17. The summed E-state index contributed by atoms with van der Waals surface area (Å²) < 4.78 is 5.84. The predicted octanol–water partition coefficient (Wildman–Crippen LogP) is 3.73. The molecule has 1 N–H and O–H groups in total. The lowest BCUT2D eigenvalue weighted by Gasteiger charge is -2.19. The molecule has 4 nitrogen and oxygen atoms in total. The quantitative estimate of drug-likeness (QED) is 0.821. The zero-order chi connectivity index (χ0) is 15.2. The zero-order valence-electron chi connectivity index (χ0n) is 11.7. The summed E-state index contributed by atoms with van der Waals surface area (Å²) in [5.74, 6) is -0.847. The molecule has 2 aromatic rings. The molecule has 0 aliphatic rings. The van der Waals surface area contributed by atoms with Crippen molar-refractivity contribution in [2.24, 2.45) is 0 Å². The highest BCUT2D eigenvalue weighted by molar-refractivity contribution is 5.93. The summed E-state index contributed by atoms with van der Waals surface area (Å²) in [5.41, 5.74) is 1.29. The van der Waals surface area contributed by atoms with Crippen LogP contribution in [0.2, 0.25) is 0 Å². The molecule has 0 fully saturated rings. The lowest BCUT2D eigenvalue weighted by atomic mass is 10.1. The smallest absolute Gasteiger partial charge is 0.339 e. The van der Waals surface area contributed by atoms with E-state index in [0.717, 1.165) is 5.56 Å². The second-order valence-electron chi connectivity index (χ2n) is 4.60. The van der Waals surface area contributed by atoms with Gasteiger partial charge < -0.3 is 9.84 Å². The number of ether oxygens (including phenoxy) is 1. The van der Waals surface area contributed by atoms with Gasteiger partial charge in [-0.1, -0.05) is 37.3 Å². The first-order valence-corrected chi connectivity index (χ1v) is 6.69. The number of hydrogen-bond donors (Lipinski definition) is 1. The molecule has 108 valence electrons. The van der Waals surface area contributed by atoms with E-state index in [0.29, 0.717) is 18.3 Å². The maximum absolute atomic E-state index is 11.3. The van der Waals surface area contributed by atoms with Gasteiger partial charge in [0.25, 0.3) is 0 Å². The van der Waals surface area contributed by atoms with Crippen molar-refractivity contribution in [2.45, 2.75) is 19.4 Å². The van der Waals surface area contributed by atoms with E-state index in [9.17, 15) is 14.7 Å². The van der Waals surface area contributed by atoms with Crippen LogP contribution in [0.5, 0.6) is 5.75 Å². The Morgan fingerprint density at radius 2 is 1.95 bits per heavy atom. The molecule has 0 aliphatic heterocycles. The Bertz CT molecular complexity index is 634. The summed E-state index contributed by atoms with van der Waals surface area (Å²) in [6.45, 7) is 1.97. The van der Waals surface area contributed by atoms with Crippen molar-refractivity contribution >= 4 is 12.3 Å². The highest BCUT2D eigenvalue weighted by Crippen LogP contribution is 2.28. The van der Waals surface area contributed by atoms with Crippen LogP contribution in [0.1, 0.15) is 45.7 Å². The van der Waals surface area contributed by atoms with Gasteiger partial charge >= 0.3 is 5.97 Å². The molecule has 0 amide bonds. The summed E-state index contributed by atoms with van der Waals surface area (Å²) in [7, 11) is 0. The van der Waals surface area contributed by atoms with Crippen LogP contribution in [-0.2, 0) is 0 Å². The minimum atomic E-state index is -1.11. The number of carboxylic acid groups (broad SMARTS) is 1. The SMILES string of the molecule is CCC(Oc1ccc(C=O)cc1C(=O)O)c1ccccc1. The van der Waals surface area contributed by atoms with Crippen LogP contribution < -0.4 is 4.74 Å². The number of carboxylic acids is 1. The van der Waals surface area contributed by atoms with Gasteiger partial charge in [-0.3, -0.25) is 4.79 Å². The summed E-state index contributed by atoms with van der Waals surface area (Å²) in [6.07, 6.45) is 1.09. The molecule has 0 radical (unpaired) electrons. The highest BCUT2D eigenvalue weighted by atomic mass is 16.5. The molecule has 0 spiro atoms. The van der Waals surface area contributed by atoms with E-state index in [-0.39, 0.29) is 17.4 Å². The molecule has 0 heterocycles. The molecule has 2 rings (SSSR count). The van der Waals surface area contributed by atoms with E-state index >= 15 is 0 Å². The minimum Gasteiger partial charge on any atom is -0.485 e. The van der Waals surface area contributed by atoms with Crippen molar-refractivity contribution in [3.63, 3.8) is 0 Å². The van der Waals surface area contributed by atoms with Crippen molar-refractivity contribution in [1.29, 1.82) is 0 Å². The predicted molar refractivity (Wildman–Crippen MR) is 78.9 cm³/mol. The Labute approximate surface area is 123 Å². The second-order valence-corrected chi connectivity index (χ2v) is 4.60. The summed E-state index contributed by atoms with van der Waals surface area (Å²) in [4.78, 5) is 22.1. The Morgan fingerprint density at radius 1 is 1.24 bits per heavy atom. The van der Waals surface area contributed by atoms with E-state index in [1.165, 1.54) is 12.1 Å². The Balaban J connectivity index is 2.33. The van der Waals surface area contributed by atoms with Crippen molar-refractivity contribution in [3.05, 3.63) is 65.2 Å². The maximum Gasteiger partial charge on any atom is 0.339 e. The van der Waals surface area contributed by atoms with Crippen LogP contribution in [0, 0.1) is 0 Å². The molecular formula is C17H16O4. The molecule has 1 unspecified atom stereocenters. The van der Waals surface area contributed by atoms with E-state index in [4.69, 9.17) is 4.74 Å². The van der Waals surface area contributed by atoms with Crippen LogP contribution in [0.15, 0.2) is 48.5 Å². The first-order chi connectivity index (χ1) is 10.2. The van der Waals surface area contributed by atoms with Crippen LogP contribution in [0.25, 0.3) is 0 Å². The van der Waals surface area contributed by atoms with Crippen molar-refractivity contribution in [2.75, 3.05) is 0 Å². The van der Waals surface area contributed by atoms with E-state index in [1.54, 1.807) is 6.07 Å². The van der Waals surface area contributed by atoms with E-state index < -0.39 is 5.97 Å². The number of rotatable bonds is 6. The van der Waals surface area contributed by atoms with Gasteiger partial charge in [-0.25, -0.2) is 4.79 Å². The van der Waals surface area contributed by atoms with Gasteiger partial charge in [0, 0.05) is 5.56 Å². The Morgan fingerprint density at radius 3 is 2.52 bits per heavy atom. The molecular weight excluding hydrogens is 268 g/mol. The maximum atomic E-state index is 11.3. The number of carbonyl (C=O) groups excluding carboxylic acids is 1. The minimum absolute atomic E-state index is 0.00557. The monoisotopic (exact) mass is 284 g/mol. The molecule has 0 saturated carbocycles. The molecule has 2 aromatic carbocycles. The average Bonchev–Trinajstić information content (AvgIpc) is 2.53.